The molecule has 0 saturated carbocycles. The van der Waals surface area contributed by atoms with E-state index >= 15 is 0 Å². The van der Waals surface area contributed by atoms with Crippen LogP contribution in [0.1, 0.15) is 32.0 Å². The quantitative estimate of drug-likeness (QED) is 0.737. The average molecular weight is 168 g/mol. The first-order valence-electron chi connectivity index (χ1n) is 4.39. The van der Waals surface area contributed by atoms with Crippen molar-refractivity contribution < 1.29 is 5.11 Å². The van der Waals surface area contributed by atoms with E-state index in [-0.39, 0.29) is 6.61 Å². The molecule has 68 valence electrons. The van der Waals surface area contributed by atoms with Gasteiger partial charge in [0.2, 0.25) is 0 Å². The molecule has 1 aromatic heterocycles. The van der Waals surface area contributed by atoms with Crippen LogP contribution in [0.25, 0.3) is 0 Å². The van der Waals surface area contributed by atoms with E-state index in [0.717, 1.165) is 12.8 Å². The fourth-order valence-electron chi connectivity index (χ4n) is 1.26. The van der Waals surface area contributed by atoms with Crippen LogP contribution in [0.2, 0.25) is 0 Å². The third-order valence-corrected chi connectivity index (χ3v) is 1.83. The molecule has 0 bridgehead atoms. The molecule has 0 fully saturated rings. The molecule has 1 heterocycles. The summed E-state index contributed by atoms with van der Waals surface area (Å²) in [7, 11) is 0. The van der Waals surface area contributed by atoms with Crippen LogP contribution in [0.4, 0.5) is 0 Å². The molecule has 0 unspecified atom stereocenters. The Labute approximate surface area is 73.0 Å². The van der Waals surface area contributed by atoms with Gasteiger partial charge in [-0.2, -0.15) is 5.10 Å². The van der Waals surface area contributed by atoms with Crippen molar-refractivity contribution in [3.05, 3.63) is 18.0 Å². The summed E-state index contributed by atoms with van der Waals surface area (Å²) in [4.78, 5) is 0. The Morgan fingerprint density at radius 2 is 2.33 bits per heavy atom. The maximum absolute atomic E-state index is 8.66. The van der Waals surface area contributed by atoms with Gasteiger partial charge in [-0.25, -0.2) is 0 Å². The minimum atomic E-state index is 0.253. The third kappa shape index (κ3) is 2.08. The Kier molecular flexibility index (Phi) is 3.29. The lowest BCUT2D eigenvalue weighted by Crippen LogP contribution is -2.07. The lowest BCUT2D eigenvalue weighted by Gasteiger charge is -2.09. The van der Waals surface area contributed by atoms with Gasteiger partial charge in [0.15, 0.2) is 0 Å². The Morgan fingerprint density at radius 3 is 2.92 bits per heavy atom. The van der Waals surface area contributed by atoms with Gasteiger partial charge in [0, 0.05) is 24.5 Å². The van der Waals surface area contributed by atoms with Crippen molar-refractivity contribution in [2.75, 3.05) is 6.61 Å². The van der Waals surface area contributed by atoms with Gasteiger partial charge in [-0.3, -0.25) is 4.68 Å². The second kappa shape index (κ2) is 4.26. The molecule has 1 rings (SSSR count). The lowest BCUT2D eigenvalue weighted by atomic mass is 10.2. The van der Waals surface area contributed by atoms with Gasteiger partial charge < -0.3 is 5.11 Å². The van der Waals surface area contributed by atoms with Crippen LogP contribution in [0.5, 0.6) is 0 Å². The molecule has 0 aliphatic heterocycles. The summed E-state index contributed by atoms with van der Waals surface area (Å²) >= 11 is 0. The van der Waals surface area contributed by atoms with Gasteiger partial charge in [-0.1, -0.05) is 0 Å². The highest BCUT2D eigenvalue weighted by Crippen LogP contribution is 2.09. The molecule has 0 atom stereocenters. The Hall–Kier alpha value is -0.830. The van der Waals surface area contributed by atoms with Crippen LogP contribution in [0.3, 0.4) is 0 Å². The predicted molar refractivity (Wildman–Crippen MR) is 48.0 cm³/mol. The standard InChI is InChI=1S/C9H16N2O/c1-8(2)11-9(4-3-7-12)5-6-10-11/h5-6,8,12H,3-4,7H2,1-2H3. The second-order valence-electron chi connectivity index (χ2n) is 3.19. The molecular weight excluding hydrogens is 152 g/mol. The molecule has 3 heteroatoms. The highest BCUT2D eigenvalue weighted by Gasteiger charge is 2.04. The highest BCUT2D eigenvalue weighted by molar-refractivity contribution is 5.01. The maximum atomic E-state index is 8.66. The topological polar surface area (TPSA) is 38.0 Å². The zero-order valence-corrected chi connectivity index (χ0v) is 7.70. The van der Waals surface area contributed by atoms with E-state index in [2.05, 4.69) is 18.9 Å². The number of aryl methyl sites for hydroxylation is 1. The molecule has 0 aliphatic rings. The number of aromatic nitrogens is 2. The van der Waals surface area contributed by atoms with Gasteiger partial charge in [-0.05, 0) is 32.8 Å². The molecule has 1 N–H and O–H groups in total. The molecule has 0 saturated heterocycles. The van der Waals surface area contributed by atoms with Crippen LogP contribution in [-0.4, -0.2) is 21.5 Å². The van der Waals surface area contributed by atoms with Gasteiger partial charge in [-0.15, -0.1) is 0 Å². The van der Waals surface area contributed by atoms with Gasteiger partial charge in [0.05, 0.1) is 0 Å². The fraction of sp³-hybridized carbons (Fsp3) is 0.667. The number of nitrogens with zero attached hydrogens (tertiary/aromatic N) is 2. The Bertz CT molecular complexity index is 230. The van der Waals surface area contributed by atoms with Crippen molar-refractivity contribution in [2.45, 2.75) is 32.7 Å². The SMILES string of the molecule is CC(C)n1nccc1CCCO. The predicted octanol–water partition coefficient (Wildman–Crippen LogP) is 1.39. The van der Waals surface area contributed by atoms with Gasteiger partial charge in [0.1, 0.15) is 0 Å². The van der Waals surface area contributed by atoms with E-state index in [1.807, 2.05) is 16.9 Å². The second-order valence-corrected chi connectivity index (χ2v) is 3.19. The third-order valence-electron chi connectivity index (χ3n) is 1.83. The van der Waals surface area contributed by atoms with E-state index in [4.69, 9.17) is 5.11 Å². The van der Waals surface area contributed by atoms with Crippen molar-refractivity contribution in [1.82, 2.24) is 9.78 Å². The summed E-state index contributed by atoms with van der Waals surface area (Å²) in [6, 6.07) is 2.42. The minimum Gasteiger partial charge on any atom is -0.396 e. The Balaban J connectivity index is 2.64. The molecule has 0 spiro atoms. The minimum absolute atomic E-state index is 0.253. The average Bonchev–Trinajstić information content (AvgIpc) is 2.48. The van der Waals surface area contributed by atoms with Crippen LogP contribution in [0, 0.1) is 0 Å². The Morgan fingerprint density at radius 1 is 1.58 bits per heavy atom. The van der Waals surface area contributed by atoms with E-state index in [1.54, 1.807) is 0 Å². The molecule has 0 aromatic carbocycles. The summed E-state index contributed by atoms with van der Waals surface area (Å²) in [5.41, 5.74) is 1.21. The smallest absolute Gasteiger partial charge is 0.0492 e. The zero-order valence-electron chi connectivity index (χ0n) is 7.70. The number of rotatable bonds is 4. The monoisotopic (exact) mass is 168 g/mol. The summed E-state index contributed by atoms with van der Waals surface area (Å²) in [6.45, 7) is 4.47. The molecule has 0 amide bonds. The van der Waals surface area contributed by atoms with Crippen molar-refractivity contribution in [3.63, 3.8) is 0 Å². The summed E-state index contributed by atoms with van der Waals surface area (Å²) in [5.74, 6) is 0. The zero-order chi connectivity index (χ0) is 8.97. The highest BCUT2D eigenvalue weighted by atomic mass is 16.2. The van der Waals surface area contributed by atoms with Crippen LogP contribution in [-0.2, 0) is 6.42 Å². The normalized spacial score (nSPS) is 11.0. The lowest BCUT2D eigenvalue weighted by molar-refractivity contribution is 0.286. The fourth-order valence-corrected chi connectivity index (χ4v) is 1.26. The number of aliphatic hydroxyl groups excluding tert-OH is 1. The van der Waals surface area contributed by atoms with Crippen molar-refractivity contribution in [2.24, 2.45) is 0 Å². The van der Waals surface area contributed by atoms with Crippen molar-refractivity contribution in [1.29, 1.82) is 0 Å². The summed E-state index contributed by atoms with van der Waals surface area (Å²) < 4.78 is 2.00. The van der Waals surface area contributed by atoms with Crippen LogP contribution >= 0.6 is 0 Å². The van der Waals surface area contributed by atoms with Gasteiger partial charge >= 0.3 is 0 Å². The number of hydrogen-bond donors (Lipinski definition) is 1. The molecule has 0 aliphatic carbocycles. The molecular formula is C9H16N2O. The van der Waals surface area contributed by atoms with E-state index in [1.165, 1.54) is 5.69 Å². The van der Waals surface area contributed by atoms with E-state index < -0.39 is 0 Å². The largest absolute Gasteiger partial charge is 0.396 e. The van der Waals surface area contributed by atoms with E-state index in [9.17, 15) is 0 Å². The van der Waals surface area contributed by atoms with E-state index in [0.29, 0.717) is 6.04 Å². The molecule has 3 nitrogen and oxygen atoms in total. The summed E-state index contributed by atoms with van der Waals surface area (Å²) in [5, 5.41) is 12.9. The maximum Gasteiger partial charge on any atom is 0.0492 e. The van der Waals surface area contributed by atoms with Crippen molar-refractivity contribution in [3.8, 4) is 0 Å². The first kappa shape index (κ1) is 9.26. The number of hydrogen-bond acceptors (Lipinski definition) is 2. The summed E-state index contributed by atoms with van der Waals surface area (Å²) in [6.07, 6.45) is 3.54. The molecule has 12 heavy (non-hydrogen) atoms. The molecule has 1 aromatic rings. The van der Waals surface area contributed by atoms with Crippen LogP contribution in [0.15, 0.2) is 12.3 Å². The van der Waals surface area contributed by atoms with Crippen LogP contribution < -0.4 is 0 Å². The number of aliphatic hydroxyl groups is 1. The van der Waals surface area contributed by atoms with Gasteiger partial charge in [0.25, 0.3) is 0 Å². The molecule has 0 radical (unpaired) electrons. The van der Waals surface area contributed by atoms with Crippen molar-refractivity contribution >= 4 is 0 Å². The first-order valence-corrected chi connectivity index (χ1v) is 4.39. The first-order chi connectivity index (χ1) is 5.75.